The van der Waals surface area contributed by atoms with Crippen LogP contribution in [0.1, 0.15) is 59.8 Å². The molecule has 0 aliphatic rings. The fraction of sp³-hybridized carbons (Fsp3) is 0.556. The molecule has 4 nitrogen and oxygen atoms in total. The molecule has 0 spiro atoms. The van der Waals surface area contributed by atoms with E-state index in [2.05, 4.69) is 17.6 Å². The lowest BCUT2D eigenvalue weighted by molar-refractivity contribution is -0.124. The third kappa shape index (κ3) is 5.88. The first kappa shape index (κ1) is 18.2. The number of benzene rings is 1. The Kier molecular flexibility index (Phi) is 7.09. The highest BCUT2D eigenvalue weighted by Crippen LogP contribution is 2.26. The summed E-state index contributed by atoms with van der Waals surface area (Å²) in [6.07, 6.45) is 4.66. The monoisotopic (exact) mass is 304 g/mol. The van der Waals surface area contributed by atoms with Gasteiger partial charge >= 0.3 is 0 Å². The Hall–Kier alpha value is -1.84. The lowest BCUT2D eigenvalue weighted by atomic mass is 9.86. The molecule has 2 N–H and O–H groups in total. The lowest BCUT2D eigenvalue weighted by Gasteiger charge is -2.23. The lowest BCUT2D eigenvalue weighted by Crippen LogP contribution is -2.30. The first-order chi connectivity index (χ1) is 10.4. The number of anilines is 2. The van der Waals surface area contributed by atoms with Gasteiger partial charge in [-0.2, -0.15) is 0 Å². The van der Waals surface area contributed by atoms with Crippen molar-refractivity contribution in [2.24, 2.45) is 5.41 Å². The van der Waals surface area contributed by atoms with Crippen molar-refractivity contribution in [1.29, 1.82) is 0 Å². The van der Waals surface area contributed by atoms with Crippen molar-refractivity contribution < 1.29 is 9.59 Å². The summed E-state index contributed by atoms with van der Waals surface area (Å²) in [6, 6.07) is 7.26. The molecule has 122 valence electrons. The zero-order valence-corrected chi connectivity index (χ0v) is 14.2. The van der Waals surface area contributed by atoms with Gasteiger partial charge < -0.3 is 10.6 Å². The van der Waals surface area contributed by atoms with Crippen molar-refractivity contribution in [3.63, 3.8) is 0 Å². The summed E-state index contributed by atoms with van der Waals surface area (Å²) >= 11 is 0. The van der Waals surface area contributed by atoms with Crippen LogP contribution in [0.4, 0.5) is 11.4 Å². The molecule has 0 fully saturated rings. The van der Waals surface area contributed by atoms with E-state index in [0.717, 1.165) is 25.7 Å². The van der Waals surface area contributed by atoms with E-state index < -0.39 is 5.41 Å². The van der Waals surface area contributed by atoms with Crippen LogP contribution in [0.2, 0.25) is 0 Å². The van der Waals surface area contributed by atoms with Crippen molar-refractivity contribution in [1.82, 2.24) is 0 Å². The van der Waals surface area contributed by atoms with E-state index in [0.29, 0.717) is 17.8 Å². The van der Waals surface area contributed by atoms with Crippen molar-refractivity contribution in [3.8, 4) is 0 Å². The molecule has 1 aromatic rings. The molecular formula is C18H28N2O2. The van der Waals surface area contributed by atoms with E-state index >= 15 is 0 Å². The number of amides is 2. The standard InChI is InChI=1S/C18H28N2O2/c1-5-7-8-12-18(3,4)17(22)20-15-11-9-10-14(13-15)19-16(21)6-2/h9-11,13H,5-8,12H2,1-4H3,(H,19,21)(H,20,22). The molecule has 0 radical (unpaired) electrons. The SMILES string of the molecule is CCCCCC(C)(C)C(=O)Nc1cccc(NC(=O)CC)c1. The summed E-state index contributed by atoms with van der Waals surface area (Å²) in [5.41, 5.74) is 1.02. The van der Waals surface area contributed by atoms with Crippen LogP contribution in [0, 0.1) is 5.41 Å². The molecule has 1 rings (SSSR count). The predicted molar refractivity (Wildman–Crippen MR) is 91.9 cm³/mol. The number of hydrogen-bond donors (Lipinski definition) is 2. The topological polar surface area (TPSA) is 58.2 Å². The molecule has 0 saturated carbocycles. The third-order valence-electron chi connectivity index (χ3n) is 3.75. The number of unbranched alkanes of at least 4 members (excludes halogenated alkanes) is 2. The highest BCUT2D eigenvalue weighted by atomic mass is 16.2. The van der Waals surface area contributed by atoms with Crippen LogP contribution in [0.3, 0.4) is 0 Å². The van der Waals surface area contributed by atoms with Crippen molar-refractivity contribution in [2.45, 2.75) is 59.8 Å². The Morgan fingerprint density at radius 2 is 1.68 bits per heavy atom. The second-order valence-corrected chi connectivity index (χ2v) is 6.28. The zero-order chi connectivity index (χ0) is 16.6. The zero-order valence-electron chi connectivity index (χ0n) is 14.2. The molecule has 1 aromatic carbocycles. The highest BCUT2D eigenvalue weighted by molar-refractivity contribution is 5.96. The maximum absolute atomic E-state index is 12.4. The molecule has 0 atom stereocenters. The summed E-state index contributed by atoms with van der Waals surface area (Å²) in [7, 11) is 0. The average molecular weight is 304 g/mol. The smallest absolute Gasteiger partial charge is 0.230 e. The van der Waals surface area contributed by atoms with E-state index in [-0.39, 0.29) is 11.8 Å². The largest absolute Gasteiger partial charge is 0.326 e. The Bertz CT molecular complexity index is 510. The number of hydrogen-bond acceptors (Lipinski definition) is 2. The van der Waals surface area contributed by atoms with E-state index in [1.165, 1.54) is 0 Å². The van der Waals surface area contributed by atoms with Crippen LogP contribution in [0.5, 0.6) is 0 Å². The van der Waals surface area contributed by atoms with Gasteiger partial charge in [0.05, 0.1) is 0 Å². The third-order valence-corrected chi connectivity index (χ3v) is 3.75. The van der Waals surface area contributed by atoms with Crippen LogP contribution < -0.4 is 10.6 Å². The van der Waals surface area contributed by atoms with Crippen LogP contribution >= 0.6 is 0 Å². The van der Waals surface area contributed by atoms with Gasteiger partial charge in [0.25, 0.3) is 0 Å². The summed E-state index contributed by atoms with van der Waals surface area (Å²) in [5.74, 6) is -0.0223. The fourth-order valence-electron chi connectivity index (χ4n) is 2.15. The molecule has 2 amide bonds. The Morgan fingerprint density at radius 3 is 2.27 bits per heavy atom. The molecule has 0 aromatic heterocycles. The van der Waals surface area contributed by atoms with Gasteiger partial charge in [-0.1, -0.05) is 53.0 Å². The second-order valence-electron chi connectivity index (χ2n) is 6.28. The van der Waals surface area contributed by atoms with Crippen molar-refractivity contribution in [2.75, 3.05) is 10.6 Å². The molecule has 22 heavy (non-hydrogen) atoms. The molecule has 0 unspecified atom stereocenters. The van der Waals surface area contributed by atoms with Gasteiger partial charge in [-0.25, -0.2) is 0 Å². The van der Waals surface area contributed by atoms with Crippen LogP contribution in [0.15, 0.2) is 24.3 Å². The first-order valence-corrected chi connectivity index (χ1v) is 8.10. The maximum atomic E-state index is 12.4. The van der Waals surface area contributed by atoms with Crippen LogP contribution in [-0.2, 0) is 9.59 Å². The number of rotatable bonds is 8. The maximum Gasteiger partial charge on any atom is 0.230 e. The van der Waals surface area contributed by atoms with Gasteiger partial charge in [0, 0.05) is 23.2 Å². The molecule has 0 aliphatic heterocycles. The Labute approximate surface area is 133 Å². The van der Waals surface area contributed by atoms with Crippen LogP contribution in [0.25, 0.3) is 0 Å². The van der Waals surface area contributed by atoms with Gasteiger partial charge in [0.15, 0.2) is 0 Å². The van der Waals surface area contributed by atoms with Gasteiger partial charge in [-0.3, -0.25) is 9.59 Å². The van der Waals surface area contributed by atoms with Crippen molar-refractivity contribution in [3.05, 3.63) is 24.3 Å². The summed E-state index contributed by atoms with van der Waals surface area (Å²) < 4.78 is 0. The average Bonchev–Trinajstić information content (AvgIpc) is 2.47. The second kappa shape index (κ2) is 8.57. The summed E-state index contributed by atoms with van der Waals surface area (Å²) in [6.45, 7) is 7.91. The van der Waals surface area contributed by atoms with E-state index in [4.69, 9.17) is 0 Å². The first-order valence-electron chi connectivity index (χ1n) is 8.10. The predicted octanol–water partition coefficient (Wildman–Crippen LogP) is 4.58. The molecule has 0 saturated heterocycles. The van der Waals surface area contributed by atoms with Gasteiger partial charge in [0.2, 0.25) is 11.8 Å². The fourth-order valence-corrected chi connectivity index (χ4v) is 2.15. The minimum absolute atomic E-state index is 0.0163. The van der Waals surface area contributed by atoms with Crippen molar-refractivity contribution >= 4 is 23.2 Å². The summed E-state index contributed by atoms with van der Waals surface area (Å²) in [5, 5.41) is 5.75. The molecule has 4 heteroatoms. The Morgan fingerprint density at radius 1 is 1.05 bits per heavy atom. The van der Waals surface area contributed by atoms with Crippen LogP contribution in [-0.4, -0.2) is 11.8 Å². The normalized spacial score (nSPS) is 11.1. The van der Waals surface area contributed by atoms with E-state index in [1.807, 2.05) is 32.0 Å². The van der Waals surface area contributed by atoms with Gasteiger partial charge in [0.1, 0.15) is 0 Å². The molecule has 0 heterocycles. The molecular weight excluding hydrogens is 276 g/mol. The Balaban J connectivity index is 2.67. The highest BCUT2D eigenvalue weighted by Gasteiger charge is 2.26. The van der Waals surface area contributed by atoms with E-state index in [9.17, 15) is 9.59 Å². The van der Waals surface area contributed by atoms with E-state index in [1.54, 1.807) is 13.0 Å². The quantitative estimate of drug-likeness (QED) is 0.691. The minimum atomic E-state index is -0.391. The van der Waals surface area contributed by atoms with Gasteiger partial charge in [-0.15, -0.1) is 0 Å². The number of carbonyl (C=O) groups is 2. The molecule has 0 aliphatic carbocycles. The van der Waals surface area contributed by atoms with Gasteiger partial charge in [-0.05, 0) is 24.6 Å². The minimum Gasteiger partial charge on any atom is -0.326 e. The number of nitrogens with one attached hydrogen (secondary N) is 2. The number of carbonyl (C=O) groups excluding carboxylic acids is 2. The molecule has 0 bridgehead atoms. The summed E-state index contributed by atoms with van der Waals surface area (Å²) in [4.78, 5) is 23.8.